The second kappa shape index (κ2) is 17.2. The molecule has 0 spiro atoms. The number of benzene rings is 1. The Bertz CT molecular complexity index is 886. The fraction of sp³-hybridized carbons (Fsp3) is 0.667. The Labute approximate surface area is 229 Å². The van der Waals surface area contributed by atoms with Crippen molar-refractivity contribution in [2.45, 2.75) is 76.1 Å². The first kappa shape index (κ1) is 31.8. The van der Waals surface area contributed by atoms with Crippen LogP contribution in [0, 0.1) is 22.0 Å². The van der Waals surface area contributed by atoms with E-state index in [0.717, 1.165) is 6.42 Å². The molecule has 3 N–H and O–H groups in total. The number of allylic oxidation sites excluding steroid dienone is 2. The normalized spacial score (nSPS) is 21.9. The molecule has 5 atom stereocenters. The summed E-state index contributed by atoms with van der Waals surface area (Å²) in [5.74, 6) is 0.418. The summed E-state index contributed by atoms with van der Waals surface area (Å²) in [6.45, 7) is 0.688. The molecule has 2 rings (SSSR count). The highest BCUT2D eigenvalue weighted by atomic mass is 35.5. The number of ether oxygens (including phenoxy) is 1. The summed E-state index contributed by atoms with van der Waals surface area (Å²) in [4.78, 5) is 28.2. The third kappa shape index (κ3) is 12.0. The molecule has 0 aliphatic heterocycles. The van der Waals surface area contributed by atoms with Gasteiger partial charge in [0, 0.05) is 25.0 Å². The Balaban J connectivity index is 1.64. The number of carbonyl (C=O) groups is 1. The average molecular weight is 557 g/mol. The van der Waals surface area contributed by atoms with E-state index in [0.29, 0.717) is 68.7 Å². The third-order valence-electron chi connectivity index (χ3n) is 6.94. The third-order valence-corrected chi connectivity index (χ3v) is 7.17. The topological polar surface area (TPSA) is 143 Å². The van der Waals surface area contributed by atoms with Gasteiger partial charge in [-0.3, -0.25) is 4.79 Å². The van der Waals surface area contributed by atoms with Gasteiger partial charge in [-0.15, -0.1) is 10.1 Å². The number of unbranched alkanes of at least 4 members (excludes halogenated alkanes) is 2. The van der Waals surface area contributed by atoms with Gasteiger partial charge in [-0.25, -0.2) is 0 Å². The van der Waals surface area contributed by atoms with E-state index in [2.05, 4.69) is 4.84 Å². The molecule has 214 valence electrons. The van der Waals surface area contributed by atoms with Crippen molar-refractivity contribution in [1.29, 1.82) is 0 Å². The van der Waals surface area contributed by atoms with Gasteiger partial charge in [0.2, 0.25) is 5.91 Å². The van der Waals surface area contributed by atoms with Crippen LogP contribution in [0.2, 0.25) is 5.02 Å². The number of halogens is 1. The quantitative estimate of drug-likeness (QED) is 0.107. The molecule has 1 saturated carbocycles. The molecule has 1 aliphatic carbocycles. The number of hydrogen-bond donors (Lipinski definition) is 3. The van der Waals surface area contributed by atoms with E-state index in [9.17, 15) is 30.2 Å². The Morgan fingerprint density at radius 2 is 2.00 bits per heavy atom. The van der Waals surface area contributed by atoms with Crippen molar-refractivity contribution in [3.8, 4) is 5.75 Å². The lowest BCUT2D eigenvalue weighted by Gasteiger charge is -2.23. The lowest BCUT2D eigenvalue weighted by molar-refractivity contribution is -0.757. The van der Waals surface area contributed by atoms with Gasteiger partial charge < -0.3 is 29.8 Å². The van der Waals surface area contributed by atoms with Gasteiger partial charge in [-0.05, 0) is 81.4 Å². The predicted molar refractivity (Wildman–Crippen MR) is 143 cm³/mol. The van der Waals surface area contributed by atoms with Crippen molar-refractivity contribution in [3.63, 3.8) is 0 Å². The second-order valence-corrected chi connectivity index (χ2v) is 10.3. The summed E-state index contributed by atoms with van der Waals surface area (Å²) in [5, 5.41) is 41.1. The van der Waals surface area contributed by atoms with Crippen molar-refractivity contribution in [3.05, 3.63) is 51.6 Å². The van der Waals surface area contributed by atoms with Gasteiger partial charge in [0.1, 0.15) is 12.4 Å². The van der Waals surface area contributed by atoms with Crippen LogP contribution in [0.1, 0.15) is 57.8 Å². The van der Waals surface area contributed by atoms with Crippen LogP contribution in [-0.2, 0) is 9.63 Å². The molecule has 0 heterocycles. The molecule has 0 aromatic heterocycles. The number of hydrogen-bond acceptors (Lipinski definition) is 8. The smallest absolute Gasteiger partial charge is 0.294 e. The van der Waals surface area contributed by atoms with Crippen LogP contribution < -0.4 is 4.74 Å². The average Bonchev–Trinajstić information content (AvgIpc) is 3.14. The van der Waals surface area contributed by atoms with E-state index < -0.39 is 23.4 Å². The van der Waals surface area contributed by atoms with E-state index in [1.807, 2.05) is 12.2 Å². The first-order valence-corrected chi connectivity index (χ1v) is 13.6. The fourth-order valence-electron chi connectivity index (χ4n) is 4.77. The first-order chi connectivity index (χ1) is 18.2. The van der Waals surface area contributed by atoms with Crippen LogP contribution in [0.4, 0.5) is 0 Å². The number of rotatable bonds is 18. The van der Waals surface area contributed by atoms with Crippen LogP contribution in [0.5, 0.6) is 5.75 Å². The van der Waals surface area contributed by atoms with Gasteiger partial charge in [0.25, 0.3) is 5.09 Å². The summed E-state index contributed by atoms with van der Waals surface area (Å²) in [5.41, 5.74) is 0. The minimum Gasteiger partial charge on any atom is -0.491 e. The zero-order chi connectivity index (χ0) is 27.9. The standard InChI is InChI=1S/C27H41ClN2O8/c1-29(15-6-7-16-38-30(35)36)27(34)12-5-3-2-4-11-23-24(26(33)18-25(23)32)14-13-21(31)19-37-22-10-8-9-20(28)17-22/h2,4,8-10,17,21,23-26,31-33H,3,5-7,11-16,18-19H2,1H3/b4-2-/t21-,23-,24-,25+,26-/m1/s1. The molecule has 1 aromatic carbocycles. The van der Waals surface area contributed by atoms with E-state index in [-0.39, 0.29) is 31.0 Å². The molecule has 0 unspecified atom stereocenters. The summed E-state index contributed by atoms with van der Waals surface area (Å²) in [7, 11) is 1.72. The summed E-state index contributed by atoms with van der Waals surface area (Å²) < 4.78 is 5.60. The van der Waals surface area contributed by atoms with Crippen LogP contribution >= 0.6 is 11.6 Å². The van der Waals surface area contributed by atoms with Gasteiger partial charge in [-0.1, -0.05) is 29.8 Å². The summed E-state index contributed by atoms with van der Waals surface area (Å²) >= 11 is 5.95. The zero-order valence-electron chi connectivity index (χ0n) is 22.0. The van der Waals surface area contributed by atoms with Crippen molar-refractivity contribution in [2.75, 3.05) is 26.8 Å². The number of aliphatic hydroxyl groups excluding tert-OH is 3. The van der Waals surface area contributed by atoms with Gasteiger partial charge in [0.15, 0.2) is 0 Å². The van der Waals surface area contributed by atoms with Crippen LogP contribution in [0.15, 0.2) is 36.4 Å². The van der Waals surface area contributed by atoms with E-state index in [1.165, 1.54) is 0 Å². The van der Waals surface area contributed by atoms with Crippen LogP contribution in [0.3, 0.4) is 0 Å². The van der Waals surface area contributed by atoms with Crippen molar-refractivity contribution in [1.82, 2.24) is 4.90 Å². The minimum absolute atomic E-state index is 0.0286. The maximum atomic E-state index is 12.2. The van der Waals surface area contributed by atoms with Crippen molar-refractivity contribution in [2.24, 2.45) is 11.8 Å². The fourth-order valence-corrected chi connectivity index (χ4v) is 4.95. The van der Waals surface area contributed by atoms with Crippen LogP contribution in [0.25, 0.3) is 0 Å². The predicted octanol–water partition coefficient (Wildman–Crippen LogP) is 3.78. The molecule has 11 heteroatoms. The number of amides is 1. The van der Waals surface area contributed by atoms with Crippen LogP contribution in [-0.4, -0.2) is 76.3 Å². The van der Waals surface area contributed by atoms with Gasteiger partial charge in [-0.2, -0.15) is 0 Å². The Kier molecular flexibility index (Phi) is 14.4. The first-order valence-electron chi connectivity index (χ1n) is 13.3. The van der Waals surface area contributed by atoms with Gasteiger partial charge in [0.05, 0.1) is 24.9 Å². The molecule has 0 saturated heterocycles. The number of carbonyl (C=O) groups excluding carboxylic acids is 1. The highest BCUT2D eigenvalue weighted by Crippen LogP contribution is 2.38. The van der Waals surface area contributed by atoms with Crippen molar-refractivity contribution >= 4 is 17.5 Å². The van der Waals surface area contributed by atoms with E-state index >= 15 is 0 Å². The maximum absolute atomic E-state index is 12.2. The Morgan fingerprint density at radius 3 is 2.74 bits per heavy atom. The zero-order valence-corrected chi connectivity index (χ0v) is 22.7. The molecular formula is C27H41ClN2O8. The molecule has 1 aromatic rings. The molecule has 1 amide bonds. The number of aliphatic hydroxyl groups is 3. The Hall–Kier alpha value is -2.40. The molecule has 1 fully saturated rings. The highest BCUT2D eigenvalue weighted by molar-refractivity contribution is 6.30. The second-order valence-electron chi connectivity index (χ2n) is 9.88. The lowest BCUT2D eigenvalue weighted by Crippen LogP contribution is -2.27. The van der Waals surface area contributed by atoms with Crippen molar-refractivity contribution < 1.29 is 34.8 Å². The molecule has 1 aliphatic rings. The monoisotopic (exact) mass is 556 g/mol. The maximum Gasteiger partial charge on any atom is 0.294 e. The molecule has 0 radical (unpaired) electrons. The SMILES string of the molecule is CN(CCCCO[N+](=O)[O-])C(=O)CCC/C=C\C[C@@H]1[C@@H](CC[C@@H](O)COc2cccc(Cl)c2)[C@H](O)C[C@@H]1O. The Morgan fingerprint density at radius 1 is 1.24 bits per heavy atom. The lowest BCUT2D eigenvalue weighted by atomic mass is 9.86. The number of nitrogens with zero attached hydrogens (tertiary/aromatic N) is 2. The molecule has 38 heavy (non-hydrogen) atoms. The van der Waals surface area contributed by atoms with Gasteiger partial charge >= 0.3 is 0 Å². The summed E-state index contributed by atoms with van der Waals surface area (Å²) in [6, 6.07) is 6.98. The minimum atomic E-state index is -0.816. The molecule has 10 nitrogen and oxygen atoms in total. The molecular weight excluding hydrogens is 516 g/mol. The molecule has 0 bridgehead atoms. The van der Waals surface area contributed by atoms with E-state index in [4.69, 9.17) is 16.3 Å². The largest absolute Gasteiger partial charge is 0.491 e. The highest BCUT2D eigenvalue weighted by Gasteiger charge is 2.40. The van der Waals surface area contributed by atoms with E-state index in [1.54, 1.807) is 36.2 Å². The summed E-state index contributed by atoms with van der Waals surface area (Å²) in [6.07, 6.45) is 7.08.